The molecule has 0 saturated carbocycles. The number of nitrogens with zero attached hydrogens (tertiary/aromatic N) is 1. The molecule has 27 heavy (non-hydrogen) atoms. The van der Waals surface area contributed by atoms with E-state index in [1.807, 2.05) is 24.3 Å². The van der Waals surface area contributed by atoms with Gasteiger partial charge in [0.1, 0.15) is 17.1 Å². The quantitative estimate of drug-likeness (QED) is 0.802. The van der Waals surface area contributed by atoms with Gasteiger partial charge in [0.2, 0.25) is 6.79 Å². The Hall–Kier alpha value is -2.02. The minimum Gasteiger partial charge on any atom is -0.462 e. The lowest BCUT2D eigenvalue weighted by Gasteiger charge is -2.24. The van der Waals surface area contributed by atoms with Gasteiger partial charge in [-0.15, -0.1) is 0 Å². The minimum atomic E-state index is -0.977. The summed E-state index contributed by atoms with van der Waals surface area (Å²) in [5.74, 6) is 3.01. The minimum absolute atomic E-state index is 0.253. The molecule has 0 amide bonds. The van der Waals surface area contributed by atoms with Crippen LogP contribution in [0.2, 0.25) is 0 Å². The van der Waals surface area contributed by atoms with Gasteiger partial charge in [-0.2, -0.15) is 0 Å². The number of hydrogen-bond donors (Lipinski definition) is 1. The first-order chi connectivity index (χ1) is 13.0. The van der Waals surface area contributed by atoms with E-state index < -0.39 is 5.60 Å². The molecule has 2 aliphatic rings. The fourth-order valence-corrected chi connectivity index (χ4v) is 3.57. The van der Waals surface area contributed by atoms with Crippen LogP contribution in [0.15, 0.2) is 34.7 Å². The average Bonchev–Trinajstić information content (AvgIpc) is 3.35. The molecular formula is C21H27NO5. The molecular weight excluding hydrogens is 346 g/mol. The molecule has 0 aliphatic carbocycles. The van der Waals surface area contributed by atoms with Gasteiger partial charge in [-0.25, -0.2) is 0 Å². The number of aliphatic hydroxyl groups is 1. The van der Waals surface area contributed by atoms with Gasteiger partial charge in [0.15, 0.2) is 11.5 Å². The zero-order valence-corrected chi connectivity index (χ0v) is 15.9. The van der Waals surface area contributed by atoms with Crippen molar-refractivity contribution in [2.75, 3.05) is 19.9 Å². The van der Waals surface area contributed by atoms with Crippen molar-refractivity contribution in [3.8, 4) is 11.5 Å². The molecule has 1 N–H and O–H groups in total. The highest BCUT2D eigenvalue weighted by Gasteiger charge is 2.24. The van der Waals surface area contributed by atoms with Gasteiger partial charge in [-0.3, -0.25) is 4.90 Å². The highest BCUT2D eigenvalue weighted by atomic mass is 16.7. The number of fused-ring (bicyclic) bond motifs is 1. The number of furan rings is 1. The second kappa shape index (κ2) is 7.54. The second-order valence-corrected chi connectivity index (χ2v) is 7.82. The Labute approximate surface area is 159 Å². The number of benzene rings is 1. The summed E-state index contributed by atoms with van der Waals surface area (Å²) in [5, 5.41) is 10.1. The number of hydrogen-bond acceptors (Lipinski definition) is 6. The summed E-state index contributed by atoms with van der Waals surface area (Å²) in [6.45, 7) is 6.84. The Morgan fingerprint density at radius 2 is 1.96 bits per heavy atom. The standard InChI is InChI=1S/C21H27NO5/c1-21(2,23)20-8-6-17(27-20)13-22(12-16-4-3-9-24-16)11-15-5-7-18-19(10-15)26-14-25-18/h5-8,10,16,23H,3-4,9,11-14H2,1-2H3. The third kappa shape index (κ3) is 4.46. The third-order valence-electron chi connectivity index (χ3n) is 4.97. The van der Waals surface area contributed by atoms with Gasteiger partial charge in [-0.05, 0) is 56.5 Å². The fourth-order valence-electron chi connectivity index (χ4n) is 3.57. The van der Waals surface area contributed by atoms with Crippen LogP contribution in [0, 0.1) is 0 Å². The topological polar surface area (TPSA) is 64.3 Å². The Morgan fingerprint density at radius 1 is 1.11 bits per heavy atom. The maximum absolute atomic E-state index is 10.1. The predicted molar refractivity (Wildman–Crippen MR) is 99.6 cm³/mol. The van der Waals surface area contributed by atoms with Gasteiger partial charge in [0.25, 0.3) is 0 Å². The Balaban J connectivity index is 1.49. The van der Waals surface area contributed by atoms with Crippen LogP contribution in [0.4, 0.5) is 0 Å². The second-order valence-electron chi connectivity index (χ2n) is 7.82. The highest BCUT2D eigenvalue weighted by Crippen LogP contribution is 2.33. The Bertz CT molecular complexity index is 773. The molecule has 1 unspecified atom stereocenters. The first-order valence-corrected chi connectivity index (χ1v) is 9.51. The summed E-state index contributed by atoms with van der Waals surface area (Å²) < 4.78 is 22.6. The van der Waals surface area contributed by atoms with Gasteiger partial charge < -0.3 is 23.7 Å². The molecule has 146 valence electrons. The van der Waals surface area contributed by atoms with Crippen LogP contribution >= 0.6 is 0 Å². The van der Waals surface area contributed by atoms with Crippen molar-refractivity contribution in [3.05, 3.63) is 47.4 Å². The predicted octanol–water partition coefficient (Wildman–Crippen LogP) is 3.42. The molecule has 6 nitrogen and oxygen atoms in total. The number of ether oxygens (including phenoxy) is 3. The molecule has 0 bridgehead atoms. The molecule has 0 spiro atoms. The van der Waals surface area contributed by atoms with E-state index in [-0.39, 0.29) is 12.9 Å². The van der Waals surface area contributed by atoms with Crippen molar-refractivity contribution in [3.63, 3.8) is 0 Å². The van der Waals surface area contributed by atoms with Gasteiger partial charge >= 0.3 is 0 Å². The smallest absolute Gasteiger partial charge is 0.231 e. The van der Waals surface area contributed by atoms with E-state index in [9.17, 15) is 5.11 Å². The van der Waals surface area contributed by atoms with E-state index in [2.05, 4.69) is 11.0 Å². The van der Waals surface area contributed by atoms with E-state index >= 15 is 0 Å². The normalized spacial score (nSPS) is 19.2. The Morgan fingerprint density at radius 3 is 2.70 bits per heavy atom. The molecule has 6 heteroatoms. The summed E-state index contributed by atoms with van der Waals surface area (Å²) >= 11 is 0. The van der Waals surface area contributed by atoms with Crippen molar-refractivity contribution >= 4 is 0 Å². The van der Waals surface area contributed by atoms with Crippen LogP contribution < -0.4 is 9.47 Å². The van der Waals surface area contributed by atoms with Crippen LogP contribution in [0.1, 0.15) is 43.8 Å². The highest BCUT2D eigenvalue weighted by molar-refractivity contribution is 5.44. The third-order valence-corrected chi connectivity index (χ3v) is 4.97. The van der Waals surface area contributed by atoms with Crippen LogP contribution in [0.5, 0.6) is 11.5 Å². The van der Waals surface area contributed by atoms with Crippen molar-refractivity contribution in [1.29, 1.82) is 0 Å². The van der Waals surface area contributed by atoms with Crippen LogP contribution in [0.3, 0.4) is 0 Å². The molecule has 1 fully saturated rings. The van der Waals surface area contributed by atoms with E-state index in [1.54, 1.807) is 13.8 Å². The maximum Gasteiger partial charge on any atom is 0.231 e. The molecule has 2 aliphatic heterocycles. The van der Waals surface area contributed by atoms with E-state index in [1.165, 1.54) is 0 Å². The first-order valence-electron chi connectivity index (χ1n) is 9.51. The fraction of sp³-hybridized carbons (Fsp3) is 0.524. The molecule has 1 atom stereocenters. The summed E-state index contributed by atoms with van der Waals surface area (Å²) in [7, 11) is 0. The first kappa shape index (κ1) is 18.3. The van der Waals surface area contributed by atoms with E-state index in [0.29, 0.717) is 12.3 Å². The lowest BCUT2D eigenvalue weighted by Crippen LogP contribution is -2.31. The van der Waals surface area contributed by atoms with Crippen LogP contribution in [0.25, 0.3) is 0 Å². The van der Waals surface area contributed by atoms with Crippen molar-refractivity contribution in [1.82, 2.24) is 4.90 Å². The van der Waals surface area contributed by atoms with Crippen LogP contribution in [-0.2, 0) is 23.4 Å². The van der Waals surface area contributed by atoms with Crippen molar-refractivity contribution < 1.29 is 23.7 Å². The van der Waals surface area contributed by atoms with Crippen LogP contribution in [-0.4, -0.2) is 36.1 Å². The monoisotopic (exact) mass is 373 g/mol. The molecule has 4 rings (SSSR count). The molecule has 1 aromatic carbocycles. The largest absolute Gasteiger partial charge is 0.462 e. The Kier molecular flexibility index (Phi) is 5.12. The van der Waals surface area contributed by atoms with Gasteiger partial charge in [0.05, 0.1) is 12.6 Å². The molecule has 1 aromatic heterocycles. The summed E-state index contributed by atoms with van der Waals surface area (Å²) in [5.41, 5.74) is 0.182. The number of rotatable bonds is 7. The average molecular weight is 373 g/mol. The van der Waals surface area contributed by atoms with Crippen molar-refractivity contribution in [2.24, 2.45) is 0 Å². The van der Waals surface area contributed by atoms with Crippen molar-refractivity contribution in [2.45, 2.75) is 51.5 Å². The SMILES string of the molecule is CC(C)(O)c1ccc(CN(Cc2ccc3c(c2)OCO3)CC2CCCO2)o1. The summed E-state index contributed by atoms with van der Waals surface area (Å²) in [4.78, 5) is 2.32. The molecule has 2 aromatic rings. The molecule has 3 heterocycles. The lowest BCUT2D eigenvalue weighted by molar-refractivity contribution is 0.0477. The van der Waals surface area contributed by atoms with E-state index in [0.717, 1.165) is 55.4 Å². The zero-order chi connectivity index (χ0) is 18.9. The van der Waals surface area contributed by atoms with E-state index in [4.69, 9.17) is 18.6 Å². The lowest BCUT2D eigenvalue weighted by atomic mass is 10.1. The maximum atomic E-state index is 10.1. The molecule has 1 saturated heterocycles. The van der Waals surface area contributed by atoms with Gasteiger partial charge in [0, 0.05) is 19.7 Å². The summed E-state index contributed by atoms with van der Waals surface area (Å²) in [6.07, 6.45) is 2.46. The van der Waals surface area contributed by atoms with Gasteiger partial charge in [-0.1, -0.05) is 6.07 Å². The zero-order valence-electron chi connectivity index (χ0n) is 15.9. The summed E-state index contributed by atoms with van der Waals surface area (Å²) in [6, 6.07) is 9.85. The molecule has 0 radical (unpaired) electrons.